The van der Waals surface area contributed by atoms with Gasteiger partial charge in [0.1, 0.15) is 24.1 Å². The predicted molar refractivity (Wildman–Crippen MR) is 130 cm³/mol. The monoisotopic (exact) mass is 511 g/mol. The first kappa shape index (κ1) is 24.7. The van der Waals surface area contributed by atoms with E-state index in [9.17, 15) is 9.90 Å². The lowest BCUT2D eigenvalue weighted by atomic mass is 10.1. The zero-order chi connectivity index (χ0) is 22.3. The van der Waals surface area contributed by atoms with E-state index in [0.717, 1.165) is 11.5 Å². The number of nitrogen functional groups attached to an aromatic ring is 1. The molecule has 0 bridgehead atoms. The van der Waals surface area contributed by atoms with Crippen LogP contribution in [0.1, 0.15) is 27.0 Å². The van der Waals surface area contributed by atoms with Gasteiger partial charge in [-0.25, -0.2) is 4.79 Å². The van der Waals surface area contributed by atoms with Crippen molar-refractivity contribution < 1.29 is 18.8 Å². The van der Waals surface area contributed by atoms with Gasteiger partial charge in [-0.2, -0.15) is 4.98 Å². The Kier molecular flexibility index (Phi) is 7.54. The standard InChI is InChI=1S/C17H30N3O5PS3Si/c1-17(2,3)30(4,5)25-14-11(10-23-26(27)28-8-9-29-26)24-15(13(14)21)20-7-6-12(18)19-16(20)22/h6-7,11,13-15,21H,8-10H2,1-5H3,(H2,18,19,22)/t11-,13-,14-,15-/m1/s1. The molecular weight excluding hydrogens is 481 g/mol. The van der Waals surface area contributed by atoms with Crippen molar-refractivity contribution in [1.82, 2.24) is 9.55 Å². The molecule has 170 valence electrons. The van der Waals surface area contributed by atoms with Crippen LogP contribution in [0.25, 0.3) is 0 Å². The van der Waals surface area contributed by atoms with Crippen molar-refractivity contribution >= 4 is 53.4 Å². The quantitative estimate of drug-likeness (QED) is 0.436. The minimum absolute atomic E-state index is 0.0564. The third kappa shape index (κ3) is 5.35. The topological polar surface area (TPSA) is 109 Å². The molecule has 3 N–H and O–H groups in total. The second-order valence-electron chi connectivity index (χ2n) is 8.85. The lowest BCUT2D eigenvalue weighted by Crippen LogP contribution is -2.50. The fourth-order valence-electron chi connectivity index (χ4n) is 2.94. The SMILES string of the molecule is CC(C)(C)[Si](C)(C)O[C@H]1[C@@H](O)[C@H](n2ccc(N)nc2=O)O[C@@H]1COP1(=S)SCCS1. The number of hydrogen-bond donors (Lipinski definition) is 2. The van der Waals surface area contributed by atoms with E-state index in [-0.39, 0.29) is 17.5 Å². The molecular formula is C17H30N3O5PS3Si. The minimum atomic E-state index is -2.23. The van der Waals surface area contributed by atoms with Crippen LogP contribution in [0.15, 0.2) is 17.1 Å². The van der Waals surface area contributed by atoms with Crippen LogP contribution in [0.3, 0.4) is 0 Å². The first-order chi connectivity index (χ1) is 13.8. The Hall–Kier alpha value is 0.0869. The lowest BCUT2D eigenvalue weighted by molar-refractivity contribution is -0.0498. The summed E-state index contributed by atoms with van der Waals surface area (Å²) in [5.41, 5.74) is 5.02. The molecule has 1 aromatic rings. The van der Waals surface area contributed by atoms with Crippen LogP contribution in [-0.4, -0.2) is 59.4 Å². The van der Waals surface area contributed by atoms with Crippen molar-refractivity contribution in [3.63, 3.8) is 0 Å². The first-order valence-corrected chi connectivity index (χ1v) is 18.5. The van der Waals surface area contributed by atoms with Gasteiger partial charge in [0.05, 0.1) is 6.61 Å². The maximum absolute atomic E-state index is 12.3. The predicted octanol–water partition coefficient (Wildman–Crippen LogP) is 3.20. The molecule has 2 aliphatic rings. The van der Waals surface area contributed by atoms with Crippen molar-refractivity contribution in [3.05, 3.63) is 22.7 Å². The van der Waals surface area contributed by atoms with Crippen LogP contribution in [-0.2, 0) is 25.5 Å². The van der Waals surface area contributed by atoms with Gasteiger partial charge >= 0.3 is 5.69 Å². The zero-order valence-corrected chi connectivity index (χ0v) is 22.2. The average Bonchev–Trinajstić information content (AvgIpc) is 3.18. The number of aliphatic hydroxyl groups is 1. The molecule has 0 spiro atoms. The Morgan fingerprint density at radius 3 is 2.63 bits per heavy atom. The average molecular weight is 512 g/mol. The molecule has 8 nitrogen and oxygen atoms in total. The van der Waals surface area contributed by atoms with Crippen molar-refractivity contribution in [2.45, 2.75) is 63.4 Å². The number of nitrogens with zero attached hydrogens (tertiary/aromatic N) is 2. The maximum Gasteiger partial charge on any atom is 0.351 e. The fourth-order valence-corrected chi connectivity index (χ4v) is 13.1. The van der Waals surface area contributed by atoms with Gasteiger partial charge in [-0.1, -0.05) is 43.5 Å². The van der Waals surface area contributed by atoms with E-state index in [1.54, 1.807) is 22.8 Å². The normalized spacial score (nSPS) is 29.4. The summed E-state index contributed by atoms with van der Waals surface area (Å²) in [6.07, 6.45) is -1.70. The number of nitrogens with two attached hydrogens (primary N) is 1. The highest BCUT2D eigenvalue weighted by atomic mass is 33.2. The van der Waals surface area contributed by atoms with Gasteiger partial charge in [0.15, 0.2) is 19.2 Å². The van der Waals surface area contributed by atoms with E-state index in [0.29, 0.717) is 0 Å². The molecule has 0 aliphatic carbocycles. The highest BCUT2D eigenvalue weighted by molar-refractivity contribution is 9.00. The number of aromatic nitrogens is 2. The summed E-state index contributed by atoms with van der Waals surface area (Å²) in [6, 6.07) is 1.50. The molecule has 3 heterocycles. The smallest absolute Gasteiger partial charge is 0.351 e. The summed E-state index contributed by atoms with van der Waals surface area (Å²) in [6.45, 7) is 10.8. The Bertz CT molecular complexity index is 871. The van der Waals surface area contributed by atoms with E-state index >= 15 is 0 Å². The molecule has 0 saturated carbocycles. The van der Waals surface area contributed by atoms with Gasteiger partial charge in [-0.3, -0.25) is 4.57 Å². The molecule has 13 heteroatoms. The number of ether oxygens (including phenoxy) is 1. The minimum Gasteiger partial charge on any atom is -0.408 e. The maximum atomic E-state index is 12.3. The van der Waals surface area contributed by atoms with E-state index < -0.39 is 43.2 Å². The molecule has 0 aromatic carbocycles. The van der Waals surface area contributed by atoms with E-state index in [4.69, 9.17) is 31.2 Å². The summed E-state index contributed by atoms with van der Waals surface area (Å²) in [5.74, 6) is 2.08. The summed E-state index contributed by atoms with van der Waals surface area (Å²) in [4.78, 5) is 16.1. The van der Waals surface area contributed by atoms with E-state index in [2.05, 4.69) is 38.8 Å². The molecule has 2 aliphatic heterocycles. The molecule has 3 rings (SSSR count). The molecule has 0 radical (unpaired) electrons. The van der Waals surface area contributed by atoms with Crippen molar-refractivity contribution in [2.75, 3.05) is 23.8 Å². The lowest BCUT2D eigenvalue weighted by Gasteiger charge is -2.40. The largest absolute Gasteiger partial charge is 0.408 e. The van der Waals surface area contributed by atoms with Gasteiger partial charge in [0.25, 0.3) is 0 Å². The third-order valence-electron chi connectivity index (χ3n) is 5.65. The molecule has 0 unspecified atom stereocenters. The molecule has 2 saturated heterocycles. The molecule has 30 heavy (non-hydrogen) atoms. The van der Waals surface area contributed by atoms with Gasteiger partial charge in [-0.15, -0.1) is 0 Å². The van der Waals surface area contributed by atoms with Crippen LogP contribution in [0.5, 0.6) is 0 Å². The highest BCUT2D eigenvalue weighted by Gasteiger charge is 2.51. The van der Waals surface area contributed by atoms with E-state index in [1.807, 2.05) is 0 Å². The Labute approximate surface area is 191 Å². The van der Waals surface area contributed by atoms with Crippen LogP contribution in [0, 0.1) is 0 Å². The Morgan fingerprint density at radius 2 is 2.07 bits per heavy atom. The van der Waals surface area contributed by atoms with Gasteiger partial charge in [0.2, 0.25) is 0 Å². The molecule has 4 atom stereocenters. The molecule has 1 aromatic heterocycles. The number of rotatable bonds is 6. The van der Waals surface area contributed by atoms with Crippen LogP contribution in [0.4, 0.5) is 5.82 Å². The van der Waals surface area contributed by atoms with Crippen molar-refractivity contribution in [2.24, 2.45) is 0 Å². The summed E-state index contributed by atoms with van der Waals surface area (Å²) < 4.78 is 18.0. The fraction of sp³-hybridized carbons (Fsp3) is 0.765. The molecule has 0 amide bonds. The number of anilines is 1. The number of hydrogen-bond acceptors (Lipinski definition) is 10. The first-order valence-electron chi connectivity index (χ1n) is 9.73. The third-order valence-corrected chi connectivity index (χ3v) is 20.0. The Morgan fingerprint density at radius 1 is 1.43 bits per heavy atom. The summed E-state index contributed by atoms with van der Waals surface area (Å²) in [5, 5.41) is 11.1. The van der Waals surface area contributed by atoms with Crippen molar-refractivity contribution in [3.8, 4) is 0 Å². The zero-order valence-electron chi connectivity index (χ0n) is 17.8. The highest BCUT2D eigenvalue weighted by Crippen LogP contribution is 2.74. The van der Waals surface area contributed by atoms with Gasteiger partial charge in [-0.05, 0) is 36.0 Å². The molecule has 2 fully saturated rings. The second kappa shape index (κ2) is 9.15. The van der Waals surface area contributed by atoms with Crippen LogP contribution >= 0.6 is 27.4 Å². The van der Waals surface area contributed by atoms with Crippen molar-refractivity contribution in [1.29, 1.82) is 0 Å². The Balaban J connectivity index is 1.86. The van der Waals surface area contributed by atoms with Crippen LogP contribution < -0.4 is 11.4 Å². The summed E-state index contributed by atoms with van der Waals surface area (Å²) >= 11 is 9.05. The van der Waals surface area contributed by atoms with Gasteiger partial charge in [0, 0.05) is 17.7 Å². The summed E-state index contributed by atoms with van der Waals surface area (Å²) in [7, 11) is -2.23. The number of aliphatic hydroxyl groups excluding tert-OH is 1. The van der Waals surface area contributed by atoms with Gasteiger partial charge < -0.3 is 24.5 Å². The van der Waals surface area contributed by atoms with Crippen LogP contribution in [0.2, 0.25) is 18.1 Å². The van der Waals surface area contributed by atoms with E-state index in [1.165, 1.54) is 16.8 Å². The second-order valence-corrected chi connectivity index (χ2v) is 24.3.